The van der Waals surface area contributed by atoms with Crippen molar-refractivity contribution in [1.82, 2.24) is 0 Å². The minimum Gasteiger partial charge on any atom is -0.0651 e. The number of rotatable bonds is 8. The SMILES string of the molecule is CCCc1cc(CCC)c2c(CCC)cccc2c1CCC. The summed E-state index contributed by atoms with van der Waals surface area (Å²) < 4.78 is 0. The summed E-state index contributed by atoms with van der Waals surface area (Å²) in [6, 6.07) is 9.54. The van der Waals surface area contributed by atoms with Crippen molar-refractivity contribution in [3.05, 3.63) is 46.5 Å². The molecule has 0 N–H and O–H groups in total. The number of hydrogen-bond acceptors (Lipinski definition) is 0. The fourth-order valence-corrected chi connectivity index (χ4v) is 3.76. The van der Waals surface area contributed by atoms with E-state index in [0.29, 0.717) is 0 Å². The smallest absolute Gasteiger partial charge is 0.0117 e. The first-order chi connectivity index (χ1) is 10.8. The predicted octanol–water partition coefficient (Wildman–Crippen LogP) is 6.65. The Morgan fingerprint density at radius 2 is 1.23 bits per heavy atom. The summed E-state index contributed by atoms with van der Waals surface area (Å²) in [7, 11) is 0. The van der Waals surface area contributed by atoms with Crippen LogP contribution in [0.2, 0.25) is 0 Å². The Balaban J connectivity index is 2.74. The molecular weight excluding hydrogens is 264 g/mol. The van der Waals surface area contributed by atoms with E-state index in [0.717, 1.165) is 0 Å². The molecule has 0 aliphatic carbocycles. The van der Waals surface area contributed by atoms with Gasteiger partial charge in [-0.2, -0.15) is 0 Å². The zero-order chi connectivity index (χ0) is 15.9. The molecule has 0 radical (unpaired) electrons. The summed E-state index contributed by atoms with van der Waals surface area (Å²) in [5.74, 6) is 0. The fourth-order valence-electron chi connectivity index (χ4n) is 3.76. The van der Waals surface area contributed by atoms with Gasteiger partial charge in [-0.05, 0) is 58.7 Å². The second kappa shape index (κ2) is 8.36. The minimum absolute atomic E-state index is 1.20. The van der Waals surface area contributed by atoms with Gasteiger partial charge in [0.15, 0.2) is 0 Å². The second-order valence-electron chi connectivity index (χ2n) is 6.51. The van der Waals surface area contributed by atoms with E-state index in [1.165, 1.54) is 51.4 Å². The summed E-state index contributed by atoms with van der Waals surface area (Å²) in [5.41, 5.74) is 6.37. The minimum atomic E-state index is 1.20. The summed E-state index contributed by atoms with van der Waals surface area (Å²) >= 11 is 0. The first kappa shape index (κ1) is 17.1. The Morgan fingerprint density at radius 3 is 1.86 bits per heavy atom. The zero-order valence-electron chi connectivity index (χ0n) is 15.0. The summed E-state index contributed by atoms with van der Waals surface area (Å²) in [6.45, 7) is 9.19. The highest BCUT2D eigenvalue weighted by Crippen LogP contribution is 2.32. The van der Waals surface area contributed by atoms with Crippen molar-refractivity contribution >= 4 is 10.8 Å². The lowest BCUT2D eigenvalue weighted by Crippen LogP contribution is -2.02. The summed E-state index contributed by atoms with van der Waals surface area (Å²) in [4.78, 5) is 0. The van der Waals surface area contributed by atoms with Gasteiger partial charge in [0.2, 0.25) is 0 Å². The van der Waals surface area contributed by atoms with Crippen LogP contribution in [0, 0.1) is 0 Å². The van der Waals surface area contributed by atoms with Gasteiger partial charge in [-0.15, -0.1) is 0 Å². The van der Waals surface area contributed by atoms with Crippen molar-refractivity contribution < 1.29 is 0 Å². The van der Waals surface area contributed by atoms with Crippen molar-refractivity contribution in [2.24, 2.45) is 0 Å². The van der Waals surface area contributed by atoms with Crippen LogP contribution in [0.1, 0.15) is 75.6 Å². The molecule has 0 aromatic heterocycles. The molecule has 0 saturated carbocycles. The van der Waals surface area contributed by atoms with E-state index < -0.39 is 0 Å². The largest absolute Gasteiger partial charge is 0.0651 e. The lowest BCUT2D eigenvalue weighted by molar-refractivity contribution is 0.857. The van der Waals surface area contributed by atoms with E-state index in [1.54, 1.807) is 33.0 Å². The third-order valence-corrected chi connectivity index (χ3v) is 4.59. The average molecular weight is 296 g/mol. The molecule has 0 aliphatic rings. The van der Waals surface area contributed by atoms with E-state index in [2.05, 4.69) is 52.0 Å². The van der Waals surface area contributed by atoms with E-state index >= 15 is 0 Å². The highest BCUT2D eigenvalue weighted by atomic mass is 14.2. The molecule has 0 bridgehead atoms. The third-order valence-electron chi connectivity index (χ3n) is 4.59. The molecule has 2 rings (SSSR count). The standard InChI is InChI=1S/C22H32/c1-5-10-17-14-9-15-21-20(13-8-4)18(11-6-2)16-19(12-7-3)22(17)21/h9,14-16H,5-8,10-13H2,1-4H3. The van der Waals surface area contributed by atoms with Gasteiger partial charge in [-0.1, -0.05) is 77.6 Å². The molecule has 0 heterocycles. The number of benzene rings is 2. The first-order valence-electron chi connectivity index (χ1n) is 9.31. The predicted molar refractivity (Wildman–Crippen MR) is 99.9 cm³/mol. The van der Waals surface area contributed by atoms with Gasteiger partial charge in [-0.25, -0.2) is 0 Å². The summed E-state index contributed by atoms with van der Waals surface area (Å²) in [5, 5.41) is 3.12. The second-order valence-corrected chi connectivity index (χ2v) is 6.51. The van der Waals surface area contributed by atoms with Gasteiger partial charge in [0, 0.05) is 0 Å². The number of hydrogen-bond donors (Lipinski definition) is 0. The molecule has 22 heavy (non-hydrogen) atoms. The van der Waals surface area contributed by atoms with Crippen LogP contribution in [0.15, 0.2) is 24.3 Å². The molecule has 2 aromatic rings. The van der Waals surface area contributed by atoms with Gasteiger partial charge < -0.3 is 0 Å². The van der Waals surface area contributed by atoms with Crippen LogP contribution >= 0.6 is 0 Å². The van der Waals surface area contributed by atoms with Gasteiger partial charge in [-0.3, -0.25) is 0 Å². The van der Waals surface area contributed by atoms with Crippen LogP contribution in [-0.2, 0) is 25.7 Å². The maximum atomic E-state index is 2.54. The Bertz CT molecular complexity index is 607. The molecule has 0 nitrogen and oxygen atoms in total. The maximum Gasteiger partial charge on any atom is -0.0117 e. The van der Waals surface area contributed by atoms with E-state index in [-0.39, 0.29) is 0 Å². The van der Waals surface area contributed by atoms with Crippen molar-refractivity contribution in [1.29, 1.82) is 0 Å². The molecule has 0 heteroatoms. The van der Waals surface area contributed by atoms with Gasteiger partial charge in [0.25, 0.3) is 0 Å². The molecule has 0 unspecified atom stereocenters. The zero-order valence-corrected chi connectivity index (χ0v) is 15.0. The molecule has 0 atom stereocenters. The Labute approximate surface area is 136 Å². The third kappa shape index (κ3) is 3.54. The number of fused-ring (bicyclic) bond motifs is 1. The molecule has 0 spiro atoms. The quantitative estimate of drug-likeness (QED) is 0.511. The van der Waals surface area contributed by atoms with Crippen molar-refractivity contribution in [2.75, 3.05) is 0 Å². The van der Waals surface area contributed by atoms with Gasteiger partial charge >= 0.3 is 0 Å². The highest BCUT2D eigenvalue weighted by Gasteiger charge is 2.13. The molecule has 0 amide bonds. The van der Waals surface area contributed by atoms with Crippen molar-refractivity contribution in [2.45, 2.75) is 79.1 Å². The van der Waals surface area contributed by atoms with Gasteiger partial charge in [0.1, 0.15) is 0 Å². The molecule has 0 fully saturated rings. The lowest BCUT2D eigenvalue weighted by atomic mass is 9.86. The van der Waals surface area contributed by atoms with Gasteiger partial charge in [0.05, 0.1) is 0 Å². The molecule has 120 valence electrons. The number of aryl methyl sites for hydroxylation is 4. The van der Waals surface area contributed by atoms with E-state index in [1.807, 2.05) is 0 Å². The normalized spacial score (nSPS) is 11.3. The van der Waals surface area contributed by atoms with Crippen molar-refractivity contribution in [3.63, 3.8) is 0 Å². The Hall–Kier alpha value is -1.30. The van der Waals surface area contributed by atoms with Crippen LogP contribution in [0.3, 0.4) is 0 Å². The highest BCUT2D eigenvalue weighted by molar-refractivity contribution is 5.92. The first-order valence-corrected chi connectivity index (χ1v) is 9.31. The van der Waals surface area contributed by atoms with Crippen LogP contribution in [-0.4, -0.2) is 0 Å². The van der Waals surface area contributed by atoms with Crippen LogP contribution in [0.5, 0.6) is 0 Å². The van der Waals surface area contributed by atoms with Crippen LogP contribution in [0.25, 0.3) is 10.8 Å². The molecular formula is C22H32. The van der Waals surface area contributed by atoms with E-state index in [4.69, 9.17) is 0 Å². The van der Waals surface area contributed by atoms with Crippen molar-refractivity contribution in [3.8, 4) is 0 Å². The Kier molecular flexibility index (Phi) is 6.49. The average Bonchev–Trinajstić information content (AvgIpc) is 2.51. The maximum absolute atomic E-state index is 2.54. The fraction of sp³-hybridized carbons (Fsp3) is 0.545. The van der Waals surface area contributed by atoms with Crippen LogP contribution in [0.4, 0.5) is 0 Å². The lowest BCUT2D eigenvalue weighted by Gasteiger charge is -2.19. The monoisotopic (exact) mass is 296 g/mol. The summed E-state index contributed by atoms with van der Waals surface area (Å²) in [6.07, 6.45) is 9.78. The van der Waals surface area contributed by atoms with Crippen LogP contribution < -0.4 is 0 Å². The molecule has 2 aromatic carbocycles. The topological polar surface area (TPSA) is 0 Å². The Morgan fingerprint density at radius 1 is 0.636 bits per heavy atom. The van der Waals surface area contributed by atoms with E-state index in [9.17, 15) is 0 Å². The molecule has 0 aliphatic heterocycles. The molecule has 0 saturated heterocycles.